The fourth-order valence-electron chi connectivity index (χ4n) is 1.81. The number of sulfonamides is 1. The van der Waals surface area contributed by atoms with Gasteiger partial charge in [-0.1, -0.05) is 6.92 Å². The Hall–Kier alpha value is -1.12. The van der Waals surface area contributed by atoms with E-state index in [2.05, 4.69) is 5.32 Å². The lowest BCUT2D eigenvalue weighted by atomic mass is 10.1. The number of hydrogen-bond donors (Lipinski definition) is 1. The lowest BCUT2D eigenvalue weighted by molar-refractivity contribution is 0.126. The van der Waals surface area contributed by atoms with Crippen molar-refractivity contribution in [2.24, 2.45) is 0 Å². The fourth-order valence-corrected chi connectivity index (χ4v) is 3.24. The van der Waals surface area contributed by atoms with Crippen LogP contribution in [-0.2, 0) is 16.6 Å². The number of nitrogens with zero attached hydrogens (tertiary/aromatic N) is 1. The zero-order chi connectivity index (χ0) is 16.2. The zero-order valence-corrected chi connectivity index (χ0v) is 13.0. The molecule has 0 atom stereocenters. The van der Waals surface area contributed by atoms with Crippen molar-refractivity contribution in [2.45, 2.75) is 31.7 Å². The second-order valence-electron chi connectivity index (χ2n) is 4.66. The molecule has 0 aliphatic carbocycles. The molecule has 0 bridgehead atoms. The Bertz CT molecular complexity index is 591. The van der Waals surface area contributed by atoms with Gasteiger partial charge in [-0.2, -0.15) is 4.31 Å². The highest BCUT2D eigenvalue weighted by Gasteiger charge is 2.27. The smallest absolute Gasteiger partial charge is 0.252 e. The van der Waals surface area contributed by atoms with Gasteiger partial charge in [-0.3, -0.25) is 0 Å². The molecule has 0 amide bonds. The van der Waals surface area contributed by atoms with E-state index in [9.17, 15) is 21.6 Å². The molecule has 0 saturated carbocycles. The van der Waals surface area contributed by atoms with Gasteiger partial charge in [-0.25, -0.2) is 21.6 Å². The Morgan fingerprint density at radius 3 is 2.48 bits per heavy atom. The van der Waals surface area contributed by atoms with Crippen LogP contribution in [0.4, 0.5) is 13.2 Å². The van der Waals surface area contributed by atoms with Crippen LogP contribution in [0.5, 0.6) is 0 Å². The highest BCUT2D eigenvalue weighted by Crippen LogP contribution is 2.23. The Labute approximate surface area is 123 Å². The maximum atomic E-state index is 13.9. The molecule has 0 saturated heterocycles. The van der Waals surface area contributed by atoms with Crippen LogP contribution in [0.1, 0.15) is 18.1 Å². The van der Waals surface area contributed by atoms with Crippen molar-refractivity contribution < 1.29 is 21.6 Å². The van der Waals surface area contributed by atoms with Crippen molar-refractivity contribution in [3.63, 3.8) is 0 Å². The molecule has 21 heavy (non-hydrogen) atoms. The normalized spacial score (nSPS) is 12.4. The van der Waals surface area contributed by atoms with Crippen LogP contribution < -0.4 is 5.32 Å². The van der Waals surface area contributed by atoms with Crippen molar-refractivity contribution in [3.8, 4) is 0 Å². The van der Waals surface area contributed by atoms with Crippen molar-refractivity contribution >= 4 is 10.0 Å². The van der Waals surface area contributed by atoms with E-state index in [1.165, 1.54) is 19.1 Å². The molecule has 0 heterocycles. The average Bonchev–Trinajstić information content (AvgIpc) is 2.38. The molecule has 0 aromatic heterocycles. The molecular formula is C13H19F3N2O2S. The topological polar surface area (TPSA) is 49.4 Å². The van der Waals surface area contributed by atoms with Crippen molar-refractivity contribution in [3.05, 3.63) is 29.1 Å². The van der Waals surface area contributed by atoms with Gasteiger partial charge >= 0.3 is 0 Å². The number of benzene rings is 1. The lowest BCUT2D eigenvalue weighted by Crippen LogP contribution is -2.32. The average molecular weight is 324 g/mol. The maximum Gasteiger partial charge on any atom is 0.252 e. The second-order valence-corrected chi connectivity index (χ2v) is 6.67. The predicted molar refractivity (Wildman–Crippen MR) is 74.3 cm³/mol. The Morgan fingerprint density at radius 1 is 1.33 bits per heavy atom. The molecule has 1 rings (SSSR count). The third-order valence-corrected chi connectivity index (χ3v) is 4.97. The molecule has 0 unspecified atom stereocenters. The quantitative estimate of drug-likeness (QED) is 0.836. The molecule has 120 valence electrons. The van der Waals surface area contributed by atoms with E-state index >= 15 is 0 Å². The van der Waals surface area contributed by atoms with Crippen molar-refractivity contribution in [1.29, 1.82) is 0 Å². The standard InChI is InChI=1S/C13H19F3N2O2S/c1-4-17-7-10-5-11(14)9(2)12(6-10)21(19,20)18(3)8-13(15)16/h5-6,13,17H,4,7-8H2,1-3H3. The monoisotopic (exact) mass is 324 g/mol. The van der Waals surface area contributed by atoms with E-state index in [1.807, 2.05) is 6.92 Å². The minimum Gasteiger partial charge on any atom is -0.313 e. The third-order valence-electron chi connectivity index (χ3n) is 3.02. The minimum atomic E-state index is -4.15. The summed E-state index contributed by atoms with van der Waals surface area (Å²) in [6.45, 7) is 3.19. The van der Waals surface area contributed by atoms with Gasteiger partial charge < -0.3 is 5.32 Å². The van der Waals surface area contributed by atoms with E-state index in [-0.39, 0.29) is 10.5 Å². The molecule has 0 spiro atoms. The van der Waals surface area contributed by atoms with E-state index in [4.69, 9.17) is 0 Å². The van der Waals surface area contributed by atoms with Gasteiger partial charge in [-0.15, -0.1) is 0 Å². The summed E-state index contributed by atoms with van der Waals surface area (Å²) >= 11 is 0. The highest BCUT2D eigenvalue weighted by atomic mass is 32.2. The van der Waals surface area contributed by atoms with Crippen LogP contribution >= 0.6 is 0 Å². The summed E-state index contributed by atoms with van der Waals surface area (Å²) < 4.78 is 63.7. The summed E-state index contributed by atoms with van der Waals surface area (Å²) in [7, 11) is -3.10. The Balaban J connectivity index is 3.24. The summed E-state index contributed by atoms with van der Waals surface area (Å²) in [4.78, 5) is -0.279. The van der Waals surface area contributed by atoms with Crippen molar-refractivity contribution in [2.75, 3.05) is 20.1 Å². The van der Waals surface area contributed by atoms with Crippen LogP contribution in [0.3, 0.4) is 0 Å². The van der Waals surface area contributed by atoms with E-state index in [0.717, 1.165) is 7.05 Å². The van der Waals surface area contributed by atoms with Crippen LogP contribution in [0, 0.1) is 12.7 Å². The fraction of sp³-hybridized carbons (Fsp3) is 0.538. The molecule has 0 fully saturated rings. The van der Waals surface area contributed by atoms with Crippen LogP contribution in [-0.4, -0.2) is 39.3 Å². The lowest BCUT2D eigenvalue weighted by Gasteiger charge is -2.19. The number of hydrogen-bond acceptors (Lipinski definition) is 3. The number of rotatable bonds is 7. The second kappa shape index (κ2) is 7.24. The van der Waals surface area contributed by atoms with Gasteiger partial charge in [0.15, 0.2) is 0 Å². The summed E-state index contributed by atoms with van der Waals surface area (Å²) in [5.41, 5.74) is 0.375. The number of nitrogens with one attached hydrogen (secondary N) is 1. The van der Waals surface area contributed by atoms with Crippen LogP contribution in [0.2, 0.25) is 0 Å². The molecule has 1 N–H and O–H groups in total. The first-order valence-corrected chi connectivity index (χ1v) is 7.88. The van der Waals surface area contributed by atoms with Gasteiger partial charge in [0.25, 0.3) is 6.43 Å². The maximum absolute atomic E-state index is 13.9. The molecular weight excluding hydrogens is 305 g/mol. The first-order valence-electron chi connectivity index (χ1n) is 6.44. The SMILES string of the molecule is CCNCc1cc(F)c(C)c(S(=O)(=O)N(C)CC(F)F)c1. The van der Waals surface area contributed by atoms with Gasteiger partial charge in [0, 0.05) is 19.2 Å². The summed E-state index contributed by atoms with van der Waals surface area (Å²) in [6, 6.07) is 2.56. The molecule has 8 heteroatoms. The Kier molecular flexibility index (Phi) is 6.18. The largest absolute Gasteiger partial charge is 0.313 e. The van der Waals surface area contributed by atoms with E-state index in [1.54, 1.807) is 0 Å². The van der Waals surface area contributed by atoms with Gasteiger partial charge in [-0.05, 0) is 31.2 Å². The summed E-state index contributed by atoms with van der Waals surface area (Å²) in [5.74, 6) is -0.672. The molecule has 0 aliphatic heterocycles. The molecule has 0 aliphatic rings. The first kappa shape index (κ1) is 17.9. The zero-order valence-electron chi connectivity index (χ0n) is 12.2. The summed E-state index contributed by atoms with van der Waals surface area (Å²) in [6.07, 6.45) is -2.79. The number of alkyl halides is 2. The van der Waals surface area contributed by atoms with E-state index in [0.29, 0.717) is 23.0 Å². The van der Waals surface area contributed by atoms with Crippen LogP contribution in [0.15, 0.2) is 17.0 Å². The molecule has 0 radical (unpaired) electrons. The number of halogens is 3. The molecule has 1 aromatic carbocycles. The van der Waals surface area contributed by atoms with Gasteiger partial charge in [0.1, 0.15) is 5.82 Å². The first-order chi connectivity index (χ1) is 9.70. The highest BCUT2D eigenvalue weighted by molar-refractivity contribution is 7.89. The van der Waals surface area contributed by atoms with E-state index < -0.39 is 28.8 Å². The van der Waals surface area contributed by atoms with Gasteiger partial charge in [0.2, 0.25) is 10.0 Å². The Morgan fingerprint density at radius 2 is 1.95 bits per heavy atom. The minimum absolute atomic E-state index is 0.0728. The molecule has 4 nitrogen and oxygen atoms in total. The molecule has 1 aromatic rings. The summed E-state index contributed by atoms with van der Waals surface area (Å²) in [5, 5.41) is 2.96. The van der Waals surface area contributed by atoms with Crippen molar-refractivity contribution in [1.82, 2.24) is 9.62 Å². The van der Waals surface area contributed by atoms with Gasteiger partial charge in [0.05, 0.1) is 11.4 Å². The van der Waals surface area contributed by atoms with Crippen LogP contribution in [0.25, 0.3) is 0 Å². The third kappa shape index (κ3) is 4.42. The predicted octanol–water partition coefficient (Wildman–Crippen LogP) is 2.13.